The molecule has 2 unspecified atom stereocenters. The lowest BCUT2D eigenvalue weighted by atomic mass is 9.71. The van der Waals surface area contributed by atoms with Gasteiger partial charge in [0.2, 0.25) is 0 Å². The van der Waals surface area contributed by atoms with Gasteiger partial charge in [0, 0.05) is 11.5 Å². The number of ether oxygens (including phenoxy) is 1. The molecule has 1 aliphatic carbocycles. The molecule has 1 aliphatic rings. The van der Waals surface area contributed by atoms with E-state index in [9.17, 15) is 0 Å². The summed E-state index contributed by atoms with van der Waals surface area (Å²) in [4.78, 5) is 0. The summed E-state index contributed by atoms with van der Waals surface area (Å²) in [5.41, 5.74) is 9.37. The highest BCUT2D eigenvalue weighted by atomic mass is 16.5. The van der Waals surface area contributed by atoms with Crippen LogP contribution in [0.3, 0.4) is 0 Å². The summed E-state index contributed by atoms with van der Waals surface area (Å²) in [6.45, 7) is 4.20. The van der Waals surface area contributed by atoms with Gasteiger partial charge in [-0.15, -0.1) is 0 Å². The zero-order valence-electron chi connectivity index (χ0n) is 12.8. The predicted octanol–water partition coefficient (Wildman–Crippen LogP) is 3.16. The minimum atomic E-state index is 0.0779. The number of methoxy groups -OCH3 is 1. The molecule has 0 aromatic heterocycles. The molecule has 0 saturated carbocycles. The molecule has 0 amide bonds. The quantitative estimate of drug-likeness (QED) is 0.669. The first kappa shape index (κ1) is 14.1. The Morgan fingerprint density at radius 1 is 1.19 bits per heavy atom. The molecule has 0 radical (unpaired) electrons. The van der Waals surface area contributed by atoms with Crippen LogP contribution in [0.2, 0.25) is 0 Å². The fourth-order valence-electron chi connectivity index (χ4n) is 3.34. The van der Waals surface area contributed by atoms with Gasteiger partial charge in [0.05, 0.1) is 13.2 Å². The molecule has 3 rings (SSSR count). The third-order valence-corrected chi connectivity index (χ3v) is 4.72. The fourth-order valence-corrected chi connectivity index (χ4v) is 3.34. The maximum atomic E-state index is 5.88. The zero-order chi connectivity index (χ0) is 15.0. The van der Waals surface area contributed by atoms with Crippen molar-refractivity contribution in [3.63, 3.8) is 0 Å². The van der Waals surface area contributed by atoms with Gasteiger partial charge in [-0.1, -0.05) is 36.4 Å². The summed E-state index contributed by atoms with van der Waals surface area (Å²) in [6, 6.07) is 12.9. The van der Waals surface area contributed by atoms with Crippen molar-refractivity contribution in [2.75, 3.05) is 7.11 Å². The summed E-state index contributed by atoms with van der Waals surface area (Å²) in [6.07, 6.45) is 1.06. The largest absolute Gasteiger partial charge is 0.496 e. The van der Waals surface area contributed by atoms with Gasteiger partial charge in [0.25, 0.3) is 0 Å². The second-order valence-corrected chi connectivity index (χ2v) is 5.78. The first-order valence-electron chi connectivity index (χ1n) is 7.35. The normalized spacial score (nSPS) is 17.8. The van der Waals surface area contributed by atoms with Crippen molar-refractivity contribution >= 4 is 0 Å². The highest BCUT2D eigenvalue weighted by Crippen LogP contribution is 2.45. The van der Waals surface area contributed by atoms with Gasteiger partial charge in [-0.3, -0.25) is 11.3 Å². The van der Waals surface area contributed by atoms with E-state index < -0.39 is 0 Å². The Morgan fingerprint density at radius 2 is 1.95 bits per heavy atom. The number of rotatable bonds is 4. The Labute approximate surface area is 126 Å². The Morgan fingerprint density at radius 3 is 2.62 bits per heavy atom. The lowest BCUT2D eigenvalue weighted by molar-refractivity contribution is 0.372. The molecule has 0 heterocycles. The van der Waals surface area contributed by atoms with Crippen molar-refractivity contribution in [1.29, 1.82) is 0 Å². The van der Waals surface area contributed by atoms with Crippen molar-refractivity contribution < 1.29 is 4.74 Å². The van der Waals surface area contributed by atoms with Gasteiger partial charge < -0.3 is 4.74 Å². The molecule has 0 saturated heterocycles. The van der Waals surface area contributed by atoms with Crippen LogP contribution in [0.5, 0.6) is 5.75 Å². The third kappa shape index (κ3) is 2.23. The van der Waals surface area contributed by atoms with Gasteiger partial charge in [-0.2, -0.15) is 0 Å². The summed E-state index contributed by atoms with van der Waals surface area (Å²) in [7, 11) is 1.73. The van der Waals surface area contributed by atoms with Crippen LogP contribution < -0.4 is 16.0 Å². The lowest BCUT2D eigenvalue weighted by Gasteiger charge is -2.37. The van der Waals surface area contributed by atoms with Gasteiger partial charge >= 0.3 is 0 Å². The van der Waals surface area contributed by atoms with E-state index in [1.807, 2.05) is 0 Å². The molecule has 0 bridgehead atoms. The predicted molar refractivity (Wildman–Crippen MR) is 85.4 cm³/mol. The number of hydrogen-bond acceptors (Lipinski definition) is 3. The van der Waals surface area contributed by atoms with Crippen molar-refractivity contribution in [3.8, 4) is 5.75 Å². The molecule has 0 spiro atoms. The molecular formula is C18H22N2O. The van der Waals surface area contributed by atoms with Gasteiger partial charge in [-0.05, 0) is 42.5 Å². The molecular weight excluding hydrogens is 260 g/mol. The number of nitrogens with two attached hydrogens (primary N) is 1. The average Bonchev–Trinajstić information content (AvgIpc) is 2.48. The number of hydrogen-bond donors (Lipinski definition) is 2. The lowest BCUT2D eigenvalue weighted by Crippen LogP contribution is -2.37. The molecule has 0 aliphatic heterocycles. The maximum Gasteiger partial charge on any atom is 0.126 e. The van der Waals surface area contributed by atoms with Crippen LogP contribution in [0.4, 0.5) is 0 Å². The summed E-state index contributed by atoms with van der Waals surface area (Å²) >= 11 is 0. The van der Waals surface area contributed by atoms with E-state index in [4.69, 9.17) is 10.6 Å². The highest BCUT2D eigenvalue weighted by molar-refractivity contribution is 5.50. The van der Waals surface area contributed by atoms with Crippen molar-refractivity contribution in [3.05, 3.63) is 64.2 Å². The molecule has 2 atom stereocenters. The van der Waals surface area contributed by atoms with Crippen molar-refractivity contribution in [1.82, 2.24) is 5.43 Å². The highest BCUT2D eigenvalue weighted by Gasteiger charge is 2.34. The Bertz CT molecular complexity index is 666. The molecule has 0 fully saturated rings. The van der Waals surface area contributed by atoms with E-state index in [0.29, 0.717) is 5.92 Å². The Kier molecular flexibility index (Phi) is 3.70. The first-order valence-corrected chi connectivity index (χ1v) is 7.35. The van der Waals surface area contributed by atoms with Crippen LogP contribution in [0, 0.1) is 13.8 Å². The molecule has 3 N–H and O–H groups in total. The van der Waals surface area contributed by atoms with E-state index in [-0.39, 0.29) is 6.04 Å². The third-order valence-electron chi connectivity index (χ3n) is 4.72. The van der Waals surface area contributed by atoms with Crippen molar-refractivity contribution in [2.45, 2.75) is 32.2 Å². The van der Waals surface area contributed by atoms with Gasteiger partial charge in [-0.25, -0.2) is 0 Å². The molecule has 3 heteroatoms. The minimum Gasteiger partial charge on any atom is -0.496 e. The van der Waals surface area contributed by atoms with Crippen LogP contribution in [0.1, 0.15) is 39.8 Å². The number of fused-ring (bicyclic) bond motifs is 1. The van der Waals surface area contributed by atoms with Gasteiger partial charge in [0.1, 0.15) is 5.75 Å². The number of aryl methyl sites for hydroxylation is 1. The Balaban J connectivity index is 2.01. The van der Waals surface area contributed by atoms with E-state index in [2.05, 4.69) is 55.7 Å². The van der Waals surface area contributed by atoms with Gasteiger partial charge in [0.15, 0.2) is 0 Å². The molecule has 21 heavy (non-hydrogen) atoms. The smallest absolute Gasteiger partial charge is 0.126 e. The number of hydrazine groups is 1. The van der Waals surface area contributed by atoms with E-state index in [1.54, 1.807) is 7.11 Å². The molecule has 110 valence electrons. The number of nitrogens with one attached hydrogen (secondary N) is 1. The van der Waals surface area contributed by atoms with Crippen LogP contribution in [-0.2, 0) is 6.42 Å². The molecule has 2 aromatic carbocycles. The van der Waals surface area contributed by atoms with Crippen LogP contribution in [-0.4, -0.2) is 7.11 Å². The first-order chi connectivity index (χ1) is 10.2. The number of benzene rings is 2. The second kappa shape index (κ2) is 5.51. The van der Waals surface area contributed by atoms with Crippen molar-refractivity contribution in [2.24, 2.45) is 5.84 Å². The van der Waals surface area contributed by atoms with Crippen LogP contribution >= 0.6 is 0 Å². The minimum absolute atomic E-state index is 0.0779. The second-order valence-electron chi connectivity index (χ2n) is 5.78. The SMILES string of the molecule is COc1c(C(NN)C2Cc3ccccc32)ccc(C)c1C. The van der Waals surface area contributed by atoms with E-state index >= 15 is 0 Å². The standard InChI is InChI=1S/C18H22N2O/c1-11-8-9-15(18(21-3)12(11)2)17(20-19)16-10-13-6-4-5-7-14(13)16/h4-9,16-17,20H,10,19H2,1-3H3. The zero-order valence-corrected chi connectivity index (χ0v) is 12.8. The van der Waals surface area contributed by atoms with Crippen LogP contribution in [0.15, 0.2) is 36.4 Å². The monoisotopic (exact) mass is 282 g/mol. The van der Waals surface area contributed by atoms with Crippen LogP contribution in [0.25, 0.3) is 0 Å². The maximum absolute atomic E-state index is 5.88. The fraction of sp³-hybridized carbons (Fsp3) is 0.333. The van der Waals surface area contributed by atoms with E-state index in [0.717, 1.165) is 17.7 Å². The summed E-state index contributed by atoms with van der Waals surface area (Å²) in [5, 5.41) is 0. The molecule has 2 aromatic rings. The average molecular weight is 282 g/mol. The molecule has 3 nitrogen and oxygen atoms in total. The van der Waals surface area contributed by atoms with E-state index in [1.165, 1.54) is 22.3 Å². The summed E-state index contributed by atoms with van der Waals surface area (Å²) in [5.74, 6) is 7.23. The summed E-state index contributed by atoms with van der Waals surface area (Å²) < 4.78 is 5.65. The topological polar surface area (TPSA) is 47.3 Å². The Hall–Kier alpha value is -1.84.